The molecule has 0 aliphatic heterocycles. The monoisotopic (exact) mass is 196 g/mol. The zero-order chi connectivity index (χ0) is 8.39. The van der Waals surface area contributed by atoms with E-state index in [0.717, 1.165) is 5.69 Å². The van der Waals surface area contributed by atoms with Gasteiger partial charge in [0.25, 0.3) is 0 Å². The lowest BCUT2D eigenvalue weighted by Crippen LogP contribution is -1.95. The highest BCUT2D eigenvalue weighted by molar-refractivity contribution is 7.71. The predicted octanol–water partition coefficient (Wildman–Crippen LogP) is 0.500. The van der Waals surface area contributed by atoms with Crippen LogP contribution in [-0.4, -0.2) is 25.7 Å². The normalized spacial score (nSPS) is 9.23. The number of H-pyrrole nitrogens is 1. The SMILES string of the molecule is O.S=c1nn[nH]n1-c1ccccc1. The molecule has 5 nitrogen and oxygen atoms in total. The second kappa shape index (κ2) is 3.92. The van der Waals surface area contributed by atoms with Crippen molar-refractivity contribution >= 4 is 12.2 Å². The number of hydrogen-bond acceptors (Lipinski definition) is 3. The molecule has 0 aliphatic rings. The molecule has 0 saturated carbocycles. The number of tetrazole rings is 1. The molecule has 0 spiro atoms. The minimum absolute atomic E-state index is 0. The van der Waals surface area contributed by atoms with Gasteiger partial charge in [-0.3, -0.25) is 0 Å². The van der Waals surface area contributed by atoms with Crippen molar-refractivity contribution in [2.75, 3.05) is 0 Å². The van der Waals surface area contributed by atoms with Crippen molar-refractivity contribution in [2.24, 2.45) is 0 Å². The molecule has 68 valence electrons. The Morgan fingerprint density at radius 3 is 2.46 bits per heavy atom. The summed E-state index contributed by atoms with van der Waals surface area (Å²) in [7, 11) is 0. The van der Waals surface area contributed by atoms with Crippen molar-refractivity contribution in [2.45, 2.75) is 0 Å². The van der Waals surface area contributed by atoms with Crippen LogP contribution in [0.2, 0.25) is 0 Å². The molecule has 0 saturated heterocycles. The van der Waals surface area contributed by atoms with E-state index in [1.807, 2.05) is 30.3 Å². The Morgan fingerprint density at radius 2 is 1.92 bits per heavy atom. The van der Waals surface area contributed by atoms with Crippen molar-refractivity contribution in [3.05, 3.63) is 35.1 Å². The van der Waals surface area contributed by atoms with Gasteiger partial charge in [0, 0.05) is 0 Å². The van der Waals surface area contributed by atoms with Gasteiger partial charge in [-0.15, -0.1) is 0 Å². The van der Waals surface area contributed by atoms with Crippen LogP contribution in [-0.2, 0) is 0 Å². The third-order valence-corrected chi connectivity index (χ3v) is 1.75. The highest BCUT2D eigenvalue weighted by Gasteiger charge is 1.95. The largest absolute Gasteiger partial charge is 0.412 e. The number of rotatable bonds is 1. The van der Waals surface area contributed by atoms with Crippen LogP contribution in [0.1, 0.15) is 0 Å². The van der Waals surface area contributed by atoms with Gasteiger partial charge in [0.1, 0.15) is 0 Å². The van der Waals surface area contributed by atoms with Crippen molar-refractivity contribution < 1.29 is 5.48 Å². The molecule has 6 heteroatoms. The number of nitrogens with zero attached hydrogens (tertiary/aromatic N) is 3. The molecule has 0 bridgehead atoms. The Balaban J connectivity index is 0.000000845. The number of para-hydroxylation sites is 1. The molecule has 0 aliphatic carbocycles. The Morgan fingerprint density at radius 1 is 1.23 bits per heavy atom. The molecule has 1 aromatic carbocycles. The average molecular weight is 196 g/mol. The summed E-state index contributed by atoms with van der Waals surface area (Å²) in [5.41, 5.74) is 0.938. The Bertz CT molecular complexity index is 421. The zero-order valence-corrected chi connectivity index (χ0v) is 7.45. The lowest BCUT2D eigenvalue weighted by molar-refractivity contribution is 0.786. The molecule has 3 N–H and O–H groups in total. The van der Waals surface area contributed by atoms with Crippen molar-refractivity contribution in [3.8, 4) is 5.69 Å². The number of aromatic nitrogens is 4. The Hall–Kier alpha value is -1.53. The fourth-order valence-corrected chi connectivity index (χ4v) is 1.13. The van der Waals surface area contributed by atoms with E-state index in [9.17, 15) is 0 Å². The maximum absolute atomic E-state index is 4.93. The van der Waals surface area contributed by atoms with Crippen molar-refractivity contribution in [1.29, 1.82) is 0 Å². The highest BCUT2D eigenvalue weighted by atomic mass is 32.1. The summed E-state index contributed by atoms with van der Waals surface area (Å²) in [5, 5.41) is 9.92. The maximum atomic E-state index is 4.93. The summed E-state index contributed by atoms with van der Waals surface area (Å²) < 4.78 is 2.07. The van der Waals surface area contributed by atoms with Gasteiger partial charge in [0.15, 0.2) is 0 Å². The topological polar surface area (TPSA) is 78.0 Å². The van der Waals surface area contributed by atoms with Crippen LogP contribution < -0.4 is 0 Å². The predicted molar refractivity (Wildman–Crippen MR) is 50.2 cm³/mol. The van der Waals surface area contributed by atoms with E-state index < -0.39 is 0 Å². The van der Waals surface area contributed by atoms with Crippen molar-refractivity contribution in [1.82, 2.24) is 20.2 Å². The molecule has 1 heterocycles. The summed E-state index contributed by atoms with van der Waals surface area (Å²) >= 11 is 4.93. The molecule has 2 aromatic rings. The van der Waals surface area contributed by atoms with E-state index >= 15 is 0 Å². The average Bonchev–Trinajstić information content (AvgIpc) is 2.53. The third kappa shape index (κ3) is 1.79. The van der Waals surface area contributed by atoms with E-state index in [-0.39, 0.29) is 5.48 Å². The maximum Gasteiger partial charge on any atom is 0.242 e. The van der Waals surface area contributed by atoms with Gasteiger partial charge in [0.05, 0.1) is 5.69 Å². The molecule has 2 rings (SSSR count). The molecule has 13 heavy (non-hydrogen) atoms. The summed E-state index contributed by atoms with van der Waals surface area (Å²) in [6, 6.07) is 9.65. The van der Waals surface area contributed by atoms with E-state index in [4.69, 9.17) is 12.2 Å². The van der Waals surface area contributed by atoms with Gasteiger partial charge < -0.3 is 5.48 Å². The first kappa shape index (κ1) is 9.56. The van der Waals surface area contributed by atoms with E-state index in [1.165, 1.54) is 0 Å². The number of nitrogens with one attached hydrogen (secondary N) is 1. The standard InChI is InChI=1S/C7H6N4S.H2O/c12-7-8-9-10-11(7)6-4-2-1-3-5-6;/h1-5H,(H,8,10,12);1H2. The van der Waals surface area contributed by atoms with Gasteiger partial charge in [-0.1, -0.05) is 28.5 Å². The Kier molecular flexibility index (Phi) is 2.88. The lowest BCUT2D eigenvalue weighted by Gasteiger charge is -1.97. The molecular formula is C7H8N4OS. The van der Waals surface area contributed by atoms with Gasteiger partial charge in [-0.05, 0) is 24.4 Å². The minimum Gasteiger partial charge on any atom is -0.412 e. The van der Waals surface area contributed by atoms with Crippen LogP contribution in [0.15, 0.2) is 30.3 Å². The van der Waals surface area contributed by atoms with Crippen LogP contribution in [0.3, 0.4) is 0 Å². The second-order valence-electron chi connectivity index (χ2n) is 2.25. The van der Waals surface area contributed by atoms with Crippen LogP contribution >= 0.6 is 12.2 Å². The van der Waals surface area contributed by atoms with Gasteiger partial charge in [-0.2, -0.15) is 5.21 Å². The third-order valence-electron chi connectivity index (χ3n) is 1.49. The molecule has 0 radical (unpaired) electrons. The summed E-state index contributed by atoms with van der Waals surface area (Å²) in [4.78, 5) is 0. The van der Waals surface area contributed by atoms with Crippen molar-refractivity contribution in [3.63, 3.8) is 0 Å². The molecule has 0 fully saturated rings. The van der Waals surface area contributed by atoms with E-state index in [2.05, 4.69) is 15.5 Å². The number of benzene rings is 1. The molecule has 1 aromatic heterocycles. The molecule has 0 unspecified atom stereocenters. The van der Waals surface area contributed by atoms with Crippen LogP contribution in [0.5, 0.6) is 0 Å². The first-order valence-electron chi connectivity index (χ1n) is 3.43. The highest BCUT2D eigenvalue weighted by Crippen LogP contribution is 2.03. The zero-order valence-electron chi connectivity index (χ0n) is 6.64. The molecule has 0 atom stereocenters. The lowest BCUT2D eigenvalue weighted by atomic mass is 10.3. The minimum atomic E-state index is 0. The van der Waals surface area contributed by atoms with Gasteiger partial charge in [0.2, 0.25) is 4.77 Å². The smallest absolute Gasteiger partial charge is 0.242 e. The fraction of sp³-hybridized carbons (Fsp3) is 0. The quantitative estimate of drug-likeness (QED) is 0.674. The summed E-state index contributed by atoms with van der Waals surface area (Å²) in [5.74, 6) is 0. The number of hydrogen-bond donors (Lipinski definition) is 1. The first-order valence-corrected chi connectivity index (χ1v) is 3.84. The van der Waals surface area contributed by atoms with Crippen LogP contribution in [0.4, 0.5) is 0 Å². The number of aromatic amines is 1. The van der Waals surface area contributed by atoms with E-state index in [0.29, 0.717) is 4.77 Å². The van der Waals surface area contributed by atoms with Crippen LogP contribution in [0.25, 0.3) is 5.69 Å². The fourth-order valence-electron chi connectivity index (χ4n) is 0.943. The molecular weight excluding hydrogens is 188 g/mol. The summed E-state index contributed by atoms with van der Waals surface area (Å²) in [6.45, 7) is 0. The van der Waals surface area contributed by atoms with Gasteiger partial charge in [-0.25, -0.2) is 4.68 Å². The van der Waals surface area contributed by atoms with Gasteiger partial charge >= 0.3 is 0 Å². The van der Waals surface area contributed by atoms with E-state index in [1.54, 1.807) is 4.68 Å². The summed E-state index contributed by atoms with van der Waals surface area (Å²) in [6.07, 6.45) is 0. The Labute approximate surface area is 79.3 Å². The molecule has 0 amide bonds. The first-order chi connectivity index (χ1) is 5.88. The van der Waals surface area contributed by atoms with Crippen LogP contribution in [0, 0.1) is 4.77 Å². The second-order valence-corrected chi connectivity index (χ2v) is 2.62.